The monoisotopic (exact) mass is 290 g/mol. The van der Waals surface area contributed by atoms with E-state index in [9.17, 15) is 14.0 Å². The average Bonchev–Trinajstić information content (AvgIpc) is 3.27. The lowest BCUT2D eigenvalue weighted by Crippen LogP contribution is -2.63. The third-order valence-corrected chi connectivity index (χ3v) is 4.46. The zero-order valence-corrected chi connectivity index (χ0v) is 12.2. The Labute approximate surface area is 123 Å². The SMILES string of the molecule is CC1C(=O)NC(C2CC2)C(=O)N1C(C)c1cccc(F)c1. The van der Waals surface area contributed by atoms with Gasteiger partial charge in [-0.3, -0.25) is 9.59 Å². The van der Waals surface area contributed by atoms with Crippen LogP contribution in [0.1, 0.15) is 38.3 Å². The molecule has 1 saturated carbocycles. The van der Waals surface area contributed by atoms with Gasteiger partial charge in [-0.2, -0.15) is 0 Å². The molecule has 0 aromatic heterocycles. The molecule has 2 amide bonds. The molecule has 1 aromatic rings. The van der Waals surface area contributed by atoms with Gasteiger partial charge >= 0.3 is 0 Å². The molecular weight excluding hydrogens is 271 g/mol. The van der Waals surface area contributed by atoms with Crippen molar-refractivity contribution in [1.82, 2.24) is 10.2 Å². The van der Waals surface area contributed by atoms with E-state index < -0.39 is 12.1 Å². The van der Waals surface area contributed by atoms with Gasteiger partial charge in [0.2, 0.25) is 11.8 Å². The summed E-state index contributed by atoms with van der Waals surface area (Å²) >= 11 is 0. The quantitative estimate of drug-likeness (QED) is 0.926. The summed E-state index contributed by atoms with van der Waals surface area (Å²) in [7, 11) is 0. The maximum absolute atomic E-state index is 13.4. The van der Waals surface area contributed by atoms with Crippen LogP contribution in [0.4, 0.5) is 4.39 Å². The molecule has 3 rings (SSSR count). The van der Waals surface area contributed by atoms with Gasteiger partial charge in [0.25, 0.3) is 0 Å². The zero-order chi connectivity index (χ0) is 15.1. The molecule has 21 heavy (non-hydrogen) atoms. The molecule has 0 bridgehead atoms. The molecule has 3 unspecified atom stereocenters. The van der Waals surface area contributed by atoms with Crippen LogP contribution in [0.15, 0.2) is 24.3 Å². The molecule has 0 spiro atoms. The van der Waals surface area contributed by atoms with Gasteiger partial charge < -0.3 is 10.2 Å². The Morgan fingerprint density at radius 2 is 2.05 bits per heavy atom. The molecule has 5 heteroatoms. The minimum Gasteiger partial charge on any atom is -0.342 e. The van der Waals surface area contributed by atoms with Crippen LogP contribution < -0.4 is 5.32 Å². The van der Waals surface area contributed by atoms with Gasteiger partial charge in [0.05, 0.1) is 6.04 Å². The Morgan fingerprint density at radius 1 is 1.33 bits per heavy atom. The van der Waals surface area contributed by atoms with E-state index in [-0.39, 0.29) is 29.6 Å². The van der Waals surface area contributed by atoms with Crippen LogP contribution >= 0.6 is 0 Å². The maximum Gasteiger partial charge on any atom is 0.246 e. The van der Waals surface area contributed by atoms with Crippen molar-refractivity contribution in [1.29, 1.82) is 0 Å². The van der Waals surface area contributed by atoms with Gasteiger partial charge in [-0.1, -0.05) is 12.1 Å². The van der Waals surface area contributed by atoms with Crippen molar-refractivity contribution >= 4 is 11.8 Å². The molecular formula is C16H19FN2O2. The minimum atomic E-state index is -0.536. The van der Waals surface area contributed by atoms with Crippen LogP contribution in [-0.2, 0) is 9.59 Å². The molecule has 1 saturated heterocycles. The lowest BCUT2D eigenvalue weighted by Gasteiger charge is -2.41. The highest BCUT2D eigenvalue weighted by molar-refractivity contribution is 5.97. The summed E-state index contributed by atoms with van der Waals surface area (Å²) in [5.41, 5.74) is 0.708. The van der Waals surface area contributed by atoms with E-state index in [1.165, 1.54) is 12.1 Å². The van der Waals surface area contributed by atoms with E-state index in [0.29, 0.717) is 5.56 Å². The molecule has 1 aliphatic carbocycles. The number of halogens is 1. The number of nitrogens with zero attached hydrogens (tertiary/aromatic N) is 1. The van der Waals surface area contributed by atoms with Gasteiger partial charge in [0.15, 0.2) is 0 Å². The lowest BCUT2D eigenvalue weighted by molar-refractivity contribution is -0.151. The molecule has 1 aliphatic heterocycles. The Hall–Kier alpha value is -1.91. The van der Waals surface area contributed by atoms with Crippen molar-refractivity contribution in [2.75, 3.05) is 0 Å². The highest BCUT2D eigenvalue weighted by atomic mass is 19.1. The first-order valence-corrected chi connectivity index (χ1v) is 7.37. The fraction of sp³-hybridized carbons (Fsp3) is 0.500. The number of rotatable bonds is 3. The number of hydrogen-bond donors (Lipinski definition) is 1. The van der Waals surface area contributed by atoms with Gasteiger partial charge in [-0.25, -0.2) is 4.39 Å². The highest BCUT2D eigenvalue weighted by Gasteiger charge is 2.46. The first-order valence-electron chi connectivity index (χ1n) is 7.37. The number of amides is 2. The number of carbonyl (C=O) groups excluding carboxylic acids is 2. The topological polar surface area (TPSA) is 49.4 Å². The summed E-state index contributed by atoms with van der Waals surface area (Å²) in [6.07, 6.45) is 1.96. The molecule has 2 fully saturated rings. The number of nitrogens with one attached hydrogen (secondary N) is 1. The second kappa shape index (κ2) is 5.13. The van der Waals surface area contributed by atoms with Crippen molar-refractivity contribution < 1.29 is 14.0 Å². The van der Waals surface area contributed by atoms with E-state index in [1.54, 1.807) is 24.0 Å². The third kappa shape index (κ3) is 2.52. The van der Waals surface area contributed by atoms with Crippen molar-refractivity contribution in [2.24, 2.45) is 5.92 Å². The number of carbonyl (C=O) groups is 2. The largest absolute Gasteiger partial charge is 0.342 e. The third-order valence-electron chi connectivity index (χ3n) is 4.46. The normalized spacial score (nSPS) is 27.5. The predicted octanol–water partition coefficient (Wildman–Crippen LogP) is 2.01. The summed E-state index contributed by atoms with van der Waals surface area (Å²) in [6.45, 7) is 3.55. The van der Waals surface area contributed by atoms with Crippen LogP contribution in [0.25, 0.3) is 0 Å². The molecule has 1 N–H and O–H groups in total. The summed E-state index contributed by atoms with van der Waals surface area (Å²) < 4.78 is 13.4. The molecule has 2 aliphatic rings. The first kappa shape index (κ1) is 14.0. The number of benzene rings is 1. The van der Waals surface area contributed by atoms with Crippen molar-refractivity contribution in [2.45, 2.75) is 44.8 Å². The van der Waals surface area contributed by atoms with Crippen molar-refractivity contribution in [3.05, 3.63) is 35.6 Å². The van der Waals surface area contributed by atoms with Gasteiger partial charge in [0.1, 0.15) is 17.9 Å². The maximum atomic E-state index is 13.4. The standard InChI is InChI=1S/C16H19FN2O2/c1-9(12-4-3-5-13(17)8-12)19-10(2)15(20)18-14(16(19)21)11-6-7-11/h3-5,8-11,14H,6-7H2,1-2H3,(H,18,20). The molecule has 1 heterocycles. The van der Waals surface area contributed by atoms with Gasteiger partial charge in [-0.15, -0.1) is 0 Å². The van der Waals surface area contributed by atoms with Crippen LogP contribution in [0.5, 0.6) is 0 Å². The van der Waals surface area contributed by atoms with Crippen molar-refractivity contribution in [3.8, 4) is 0 Å². The summed E-state index contributed by atoms with van der Waals surface area (Å²) in [4.78, 5) is 26.4. The summed E-state index contributed by atoms with van der Waals surface area (Å²) in [6, 6.07) is 4.93. The van der Waals surface area contributed by atoms with E-state index in [4.69, 9.17) is 0 Å². The molecule has 4 nitrogen and oxygen atoms in total. The lowest BCUT2D eigenvalue weighted by atomic mass is 9.98. The Bertz CT molecular complexity index is 585. The Kier molecular flexibility index (Phi) is 3.43. The van der Waals surface area contributed by atoms with E-state index in [0.717, 1.165) is 12.8 Å². The van der Waals surface area contributed by atoms with Crippen LogP contribution in [0.2, 0.25) is 0 Å². The van der Waals surface area contributed by atoms with E-state index in [1.807, 2.05) is 6.92 Å². The van der Waals surface area contributed by atoms with Crippen molar-refractivity contribution in [3.63, 3.8) is 0 Å². The number of hydrogen-bond acceptors (Lipinski definition) is 2. The number of piperazine rings is 1. The Morgan fingerprint density at radius 3 is 2.67 bits per heavy atom. The average molecular weight is 290 g/mol. The fourth-order valence-corrected chi connectivity index (χ4v) is 3.02. The smallest absolute Gasteiger partial charge is 0.246 e. The zero-order valence-electron chi connectivity index (χ0n) is 12.2. The first-order chi connectivity index (χ1) is 9.99. The fourth-order valence-electron chi connectivity index (χ4n) is 3.02. The second-order valence-corrected chi connectivity index (χ2v) is 5.98. The molecule has 0 radical (unpaired) electrons. The van der Waals surface area contributed by atoms with E-state index >= 15 is 0 Å². The predicted molar refractivity (Wildman–Crippen MR) is 75.8 cm³/mol. The molecule has 3 atom stereocenters. The summed E-state index contributed by atoms with van der Waals surface area (Å²) in [5.74, 6) is -0.257. The van der Waals surface area contributed by atoms with Gasteiger partial charge in [0, 0.05) is 0 Å². The van der Waals surface area contributed by atoms with Crippen LogP contribution in [-0.4, -0.2) is 28.8 Å². The summed E-state index contributed by atoms with van der Waals surface area (Å²) in [5, 5.41) is 2.82. The minimum absolute atomic E-state index is 0.0543. The van der Waals surface area contributed by atoms with E-state index in [2.05, 4.69) is 5.32 Å². The van der Waals surface area contributed by atoms with Crippen LogP contribution in [0, 0.1) is 11.7 Å². The van der Waals surface area contributed by atoms with Gasteiger partial charge in [-0.05, 0) is 50.3 Å². The van der Waals surface area contributed by atoms with Crippen LogP contribution in [0.3, 0.4) is 0 Å². The highest BCUT2D eigenvalue weighted by Crippen LogP contribution is 2.37. The second-order valence-electron chi connectivity index (χ2n) is 5.98. The molecule has 1 aromatic carbocycles. The Balaban J connectivity index is 1.90. The molecule has 112 valence electrons.